The van der Waals surface area contributed by atoms with Crippen molar-refractivity contribution in [2.75, 3.05) is 0 Å². The second-order valence-corrected chi connectivity index (χ2v) is 8.55. The zero-order valence-electron chi connectivity index (χ0n) is 19.2. The highest BCUT2D eigenvalue weighted by Crippen LogP contribution is 2.16. The van der Waals surface area contributed by atoms with E-state index in [-0.39, 0.29) is 18.1 Å². The Morgan fingerprint density at radius 1 is 0.906 bits per heavy atom. The molecule has 0 saturated heterocycles. The van der Waals surface area contributed by atoms with Gasteiger partial charge in [-0.05, 0) is 69.4 Å². The molecule has 2 aromatic carbocycles. The van der Waals surface area contributed by atoms with Gasteiger partial charge < -0.3 is 15.4 Å². The van der Waals surface area contributed by atoms with Crippen LogP contribution in [0.15, 0.2) is 42.5 Å². The molecule has 2 aromatic rings. The van der Waals surface area contributed by atoms with E-state index in [1.54, 1.807) is 13.8 Å². The summed E-state index contributed by atoms with van der Waals surface area (Å²) in [6.07, 6.45) is 1.56. The monoisotopic (exact) mass is 446 g/mol. The first kappa shape index (κ1) is 25.3. The number of ether oxygens (including phenoxy) is 1. The molecule has 0 aliphatic heterocycles. The number of carbonyl (C=O) groups excluding carboxylic acids is 2. The Bertz CT molecular complexity index is 894. The van der Waals surface area contributed by atoms with E-state index in [0.29, 0.717) is 6.42 Å². The summed E-state index contributed by atoms with van der Waals surface area (Å²) in [4.78, 5) is 25.2. The lowest BCUT2D eigenvalue weighted by atomic mass is 10.0. The molecule has 2 atom stereocenters. The largest absolute Gasteiger partial charge is 0.491 e. The van der Waals surface area contributed by atoms with Gasteiger partial charge in [0.2, 0.25) is 5.91 Å². The van der Waals surface area contributed by atoms with E-state index in [9.17, 15) is 18.4 Å². The maximum absolute atomic E-state index is 13.9. The molecule has 7 heteroatoms. The summed E-state index contributed by atoms with van der Waals surface area (Å²) < 4.78 is 33.4. The Morgan fingerprint density at radius 2 is 1.50 bits per heavy atom. The first-order valence-electron chi connectivity index (χ1n) is 10.9. The van der Waals surface area contributed by atoms with E-state index in [1.165, 1.54) is 6.07 Å². The van der Waals surface area contributed by atoms with Crippen LogP contribution in [0.25, 0.3) is 0 Å². The smallest absolute Gasteiger partial charge is 0.257 e. The van der Waals surface area contributed by atoms with E-state index in [0.717, 1.165) is 29.9 Å². The second kappa shape index (κ2) is 11.6. The topological polar surface area (TPSA) is 67.4 Å². The summed E-state index contributed by atoms with van der Waals surface area (Å²) in [6.45, 7) is 9.33. The minimum absolute atomic E-state index is 0.111. The molecule has 2 rings (SSSR count). The van der Waals surface area contributed by atoms with Crippen LogP contribution in [-0.4, -0.2) is 30.0 Å². The van der Waals surface area contributed by atoms with Crippen molar-refractivity contribution >= 4 is 11.8 Å². The number of nitrogens with one attached hydrogen (secondary N) is 2. The Morgan fingerprint density at radius 3 is 2.03 bits per heavy atom. The number of aryl methyl sites for hydroxylation is 1. The van der Waals surface area contributed by atoms with Crippen LogP contribution in [0.3, 0.4) is 0 Å². The molecule has 0 saturated carbocycles. The number of hydrogen-bond donors (Lipinski definition) is 2. The van der Waals surface area contributed by atoms with E-state index in [2.05, 4.69) is 10.6 Å². The number of amides is 2. The lowest BCUT2D eigenvalue weighted by molar-refractivity contribution is -0.124. The number of benzene rings is 2. The van der Waals surface area contributed by atoms with E-state index < -0.39 is 35.1 Å². The Hall–Kier alpha value is -2.96. The van der Waals surface area contributed by atoms with Gasteiger partial charge in [-0.15, -0.1) is 0 Å². The summed E-state index contributed by atoms with van der Waals surface area (Å²) in [5.74, 6) is -2.74. The minimum atomic E-state index is -0.969. The maximum atomic E-state index is 13.9. The van der Waals surface area contributed by atoms with Crippen LogP contribution in [0.5, 0.6) is 5.75 Å². The summed E-state index contributed by atoms with van der Waals surface area (Å²) in [5.41, 5.74) is 0.426. The number of halogens is 2. The third-order valence-corrected chi connectivity index (χ3v) is 4.98. The molecular weight excluding hydrogens is 414 g/mol. The number of carbonyl (C=O) groups is 2. The standard InChI is InChI=1S/C25H32F2N2O3/c1-15(2)23(29-24(30)22-20(26)7-6-8-21(22)27)25(31)28-17(5)9-10-18-11-13-19(14-12-18)32-16(3)4/h6-8,11-17,23H,9-10H2,1-5H3,(H,28,31)(H,29,30). The first-order chi connectivity index (χ1) is 15.1. The molecule has 2 amide bonds. The van der Waals surface area contributed by atoms with Crippen molar-refractivity contribution in [3.8, 4) is 5.75 Å². The fourth-order valence-electron chi connectivity index (χ4n) is 3.26. The van der Waals surface area contributed by atoms with Crippen LogP contribution >= 0.6 is 0 Å². The van der Waals surface area contributed by atoms with Gasteiger partial charge in [0.05, 0.1) is 6.10 Å². The van der Waals surface area contributed by atoms with Gasteiger partial charge in [-0.2, -0.15) is 0 Å². The van der Waals surface area contributed by atoms with E-state index >= 15 is 0 Å². The maximum Gasteiger partial charge on any atom is 0.257 e. The van der Waals surface area contributed by atoms with Gasteiger partial charge in [-0.3, -0.25) is 9.59 Å². The van der Waals surface area contributed by atoms with Crippen LogP contribution in [0.1, 0.15) is 57.0 Å². The van der Waals surface area contributed by atoms with E-state index in [1.807, 2.05) is 45.0 Å². The minimum Gasteiger partial charge on any atom is -0.491 e. The SMILES string of the molecule is CC(CCc1ccc(OC(C)C)cc1)NC(=O)C(NC(=O)c1c(F)cccc1F)C(C)C. The van der Waals surface area contributed by atoms with Gasteiger partial charge in [-0.1, -0.05) is 32.0 Å². The third kappa shape index (κ3) is 7.32. The van der Waals surface area contributed by atoms with Crippen molar-refractivity contribution in [3.05, 3.63) is 65.2 Å². The molecule has 32 heavy (non-hydrogen) atoms. The lowest BCUT2D eigenvalue weighted by Crippen LogP contribution is -2.52. The predicted molar refractivity (Wildman–Crippen MR) is 121 cm³/mol. The third-order valence-electron chi connectivity index (χ3n) is 4.98. The highest BCUT2D eigenvalue weighted by molar-refractivity contribution is 5.98. The molecule has 0 spiro atoms. The summed E-state index contributed by atoms with van der Waals surface area (Å²) in [7, 11) is 0. The molecular formula is C25H32F2N2O3. The molecule has 0 aliphatic rings. The molecule has 5 nitrogen and oxygen atoms in total. The van der Waals surface area contributed by atoms with Gasteiger partial charge in [0.1, 0.15) is 29.0 Å². The van der Waals surface area contributed by atoms with Gasteiger partial charge in [-0.25, -0.2) is 8.78 Å². The van der Waals surface area contributed by atoms with Crippen molar-refractivity contribution in [2.24, 2.45) is 5.92 Å². The molecule has 0 aromatic heterocycles. The quantitative estimate of drug-likeness (QED) is 0.559. The molecule has 0 aliphatic carbocycles. The van der Waals surface area contributed by atoms with Crippen LogP contribution in [0.4, 0.5) is 8.78 Å². The summed E-state index contributed by atoms with van der Waals surface area (Å²) in [5, 5.41) is 5.36. The molecule has 0 bridgehead atoms. The predicted octanol–water partition coefficient (Wildman–Crippen LogP) is 4.64. The zero-order chi connectivity index (χ0) is 23.8. The zero-order valence-corrected chi connectivity index (χ0v) is 19.2. The van der Waals surface area contributed by atoms with Gasteiger partial charge in [0.15, 0.2) is 0 Å². The molecule has 0 fully saturated rings. The average molecular weight is 447 g/mol. The van der Waals surface area contributed by atoms with Gasteiger partial charge in [0, 0.05) is 6.04 Å². The van der Waals surface area contributed by atoms with Crippen molar-refractivity contribution in [1.82, 2.24) is 10.6 Å². The molecule has 0 radical (unpaired) electrons. The Kier molecular flexibility index (Phi) is 9.17. The highest BCUT2D eigenvalue weighted by atomic mass is 19.1. The van der Waals surface area contributed by atoms with Crippen molar-refractivity contribution in [1.29, 1.82) is 0 Å². The average Bonchev–Trinajstić information content (AvgIpc) is 2.70. The van der Waals surface area contributed by atoms with Gasteiger partial charge in [0.25, 0.3) is 5.91 Å². The van der Waals surface area contributed by atoms with Crippen LogP contribution in [0, 0.1) is 17.6 Å². The van der Waals surface area contributed by atoms with E-state index in [4.69, 9.17) is 4.74 Å². The van der Waals surface area contributed by atoms with Crippen molar-refractivity contribution < 1.29 is 23.1 Å². The number of rotatable bonds is 10. The number of hydrogen-bond acceptors (Lipinski definition) is 3. The summed E-state index contributed by atoms with van der Waals surface area (Å²) >= 11 is 0. The fraction of sp³-hybridized carbons (Fsp3) is 0.440. The van der Waals surface area contributed by atoms with Crippen LogP contribution in [-0.2, 0) is 11.2 Å². The summed E-state index contributed by atoms with van der Waals surface area (Å²) in [6, 6.07) is 9.95. The molecule has 2 unspecified atom stereocenters. The van der Waals surface area contributed by atoms with Crippen molar-refractivity contribution in [2.45, 2.75) is 65.6 Å². The van der Waals surface area contributed by atoms with Crippen molar-refractivity contribution in [3.63, 3.8) is 0 Å². The Balaban J connectivity index is 1.93. The molecule has 0 heterocycles. The van der Waals surface area contributed by atoms with Crippen LogP contribution < -0.4 is 15.4 Å². The fourth-order valence-corrected chi connectivity index (χ4v) is 3.26. The normalized spacial score (nSPS) is 13.0. The first-order valence-corrected chi connectivity index (χ1v) is 10.9. The van der Waals surface area contributed by atoms with Crippen LogP contribution in [0.2, 0.25) is 0 Å². The van der Waals surface area contributed by atoms with Gasteiger partial charge >= 0.3 is 0 Å². The molecule has 174 valence electrons. The Labute approximate surface area is 188 Å². The second-order valence-electron chi connectivity index (χ2n) is 8.55. The molecule has 2 N–H and O–H groups in total. The highest BCUT2D eigenvalue weighted by Gasteiger charge is 2.28. The lowest BCUT2D eigenvalue weighted by Gasteiger charge is -2.24.